The molecule has 3 aromatic rings. The zero-order valence-corrected chi connectivity index (χ0v) is 19.5. The normalized spacial score (nSPS) is 15.4. The van der Waals surface area contributed by atoms with E-state index in [1.807, 2.05) is 0 Å². The Morgan fingerprint density at radius 2 is 1.94 bits per heavy atom. The highest BCUT2D eigenvalue weighted by Gasteiger charge is 2.24. The van der Waals surface area contributed by atoms with Gasteiger partial charge in [-0.2, -0.15) is 0 Å². The van der Waals surface area contributed by atoms with Crippen molar-refractivity contribution < 1.29 is 24.2 Å². The number of aliphatic imine (C=N–C) groups is 1. The lowest BCUT2D eigenvalue weighted by atomic mass is 10.1. The van der Waals surface area contributed by atoms with Crippen LogP contribution in [-0.4, -0.2) is 29.3 Å². The van der Waals surface area contributed by atoms with E-state index in [0.717, 1.165) is 11.3 Å². The first-order valence-corrected chi connectivity index (χ1v) is 11.3. The maximum atomic E-state index is 12.4. The van der Waals surface area contributed by atoms with Gasteiger partial charge in [-0.3, -0.25) is 4.79 Å². The van der Waals surface area contributed by atoms with Crippen LogP contribution in [-0.2, 0) is 11.4 Å². The number of halogens is 1. The van der Waals surface area contributed by atoms with Crippen molar-refractivity contribution in [1.82, 2.24) is 5.32 Å². The summed E-state index contributed by atoms with van der Waals surface area (Å²) in [7, 11) is 1.59. The van der Waals surface area contributed by atoms with Crippen LogP contribution in [0, 0.1) is 0 Å². The quantitative estimate of drug-likeness (QED) is 0.420. The number of nitrogens with zero attached hydrogens (tertiary/aromatic N) is 1. The van der Waals surface area contributed by atoms with E-state index in [4.69, 9.17) is 26.2 Å². The summed E-state index contributed by atoms with van der Waals surface area (Å²) in [6, 6.07) is 18.9. The van der Waals surface area contributed by atoms with Gasteiger partial charge in [-0.05, 0) is 77.5 Å². The summed E-state index contributed by atoms with van der Waals surface area (Å²) in [5.41, 5.74) is 2.33. The molecule has 34 heavy (non-hydrogen) atoms. The Kier molecular flexibility index (Phi) is 7.20. The zero-order valence-electron chi connectivity index (χ0n) is 17.9. The lowest BCUT2D eigenvalue weighted by molar-refractivity contribution is -0.115. The summed E-state index contributed by atoms with van der Waals surface area (Å²) < 4.78 is 10.9. The highest BCUT2D eigenvalue weighted by molar-refractivity contribution is 8.18. The van der Waals surface area contributed by atoms with E-state index >= 15 is 0 Å². The smallest absolute Gasteiger partial charge is 0.335 e. The summed E-state index contributed by atoms with van der Waals surface area (Å²) in [5.74, 6) is -0.0594. The average molecular weight is 495 g/mol. The molecular formula is C25H19ClN2O5S. The third-order valence-corrected chi connectivity index (χ3v) is 5.98. The van der Waals surface area contributed by atoms with Gasteiger partial charge in [-0.15, -0.1) is 0 Å². The third-order valence-electron chi connectivity index (χ3n) is 4.78. The Balaban J connectivity index is 1.43. The number of nitrogens with one attached hydrogen (secondary N) is 1. The molecule has 0 unspecified atom stereocenters. The Labute approximate surface area is 205 Å². The van der Waals surface area contributed by atoms with Crippen molar-refractivity contribution in [3.63, 3.8) is 0 Å². The number of rotatable bonds is 7. The van der Waals surface area contributed by atoms with Gasteiger partial charge >= 0.3 is 5.97 Å². The predicted molar refractivity (Wildman–Crippen MR) is 133 cm³/mol. The van der Waals surface area contributed by atoms with Crippen molar-refractivity contribution in [3.8, 4) is 11.5 Å². The second kappa shape index (κ2) is 10.5. The predicted octanol–water partition coefficient (Wildman–Crippen LogP) is 5.52. The minimum Gasteiger partial charge on any atom is -0.497 e. The molecule has 1 fully saturated rings. The molecule has 1 aliphatic heterocycles. The van der Waals surface area contributed by atoms with Crippen molar-refractivity contribution in [2.75, 3.05) is 7.11 Å². The number of carboxylic acids is 1. The van der Waals surface area contributed by atoms with Crippen molar-refractivity contribution in [1.29, 1.82) is 0 Å². The Bertz CT molecular complexity index is 1300. The monoisotopic (exact) mass is 494 g/mol. The number of ether oxygens (including phenoxy) is 2. The number of hydrogen-bond acceptors (Lipinski definition) is 6. The number of aromatic carboxylic acids is 1. The number of carbonyl (C=O) groups excluding carboxylic acids is 1. The first-order chi connectivity index (χ1) is 16.4. The van der Waals surface area contributed by atoms with Crippen LogP contribution in [0.3, 0.4) is 0 Å². The first-order valence-electron chi connectivity index (χ1n) is 10.1. The Morgan fingerprint density at radius 3 is 2.65 bits per heavy atom. The number of benzene rings is 3. The maximum Gasteiger partial charge on any atom is 0.335 e. The van der Waals surface area contributed by atoms with E-state index in [1.54, 1.807) is 73.8 Å². The molecule has 0 bridgehead atoms. The van der Waals surface area contributed by atoms with Gasteiger partial charge in [0, 0.05) is 0 Å². The number of amides is 1. The summed E-state index contributed by atoms with van der Waals surface area (Å²) in [4.78, 5) is 28.4. The van der Waals surface area contributed by atoms with Gasteiger partial charge in [0.1, 0.15) is 18.1 Å². The Hall–Kier alpha value is -3.75. The molecule has 3 aromatic carbocycles. The fraction of sp³-hybridized carbons (Fsp3) is 0.0800. The lowest BCUT2D eigenvalue weighted by Gasteiger charge is -2.09. The van der Waals surface area contributed by atoms with Crippen LogP contribution < -0.4 is 14.8 Å². The van der Waals surface area contributed by atoms with Crippen molar-refractivity contribution in [2.45, 2.75) is 6.61 Å². The van der Waals surface area contributed by atoms with Crippen LogP contribution in [0.25, 0.3) is 6.08 Å². The minimum atomic E-state index is -0.997. The lowest BCUT2D eigenvalue weighted by Crippen LogP contribution is -2.19. The fourth-order valence-corrected chi connectivity index (χ4v) is 4.17. The number of methoxy groups -OCH3 is 1. The second-order valence-electron chi connectivity index (χ2n) is 7.16. The molecule has 0 spiro atoms. The number of hydrogen-bond donors (Lipinski definition) is 2. The molecule has 2 N–H and O–H groups in total. The SMILES string of the molecule is COc1ccc(N=C2NC(=O)/C(=C\c3ccc(OCc4cccc(C(=O)O)c4)c(Cl)c3)S2)cc1. The van der Waals surface area contributed by atoms with Crippen molar-refractivity contribution in [3.05, 3.63) is 93.3 Å². The number of carbonyl (C=O) groups is 2. The van der Waals surface area contributed by atoms with E-state index in [2.05, 4.69) is 10.3 Å². The zero-order chi connectivity index (χ0) is 24.1. The standard InChI is InChI=1S/C25H19ClN2O5S/c1-32-19-8-6-18(7-9-19)27-25-28-23(29)22(34-25)13-15-5-10-21(20(26)12-15)33-14-16-3-2-4-17(11-16)24(30)31/h2-13H,14H2,1H3,(H,30,31)(H,27,28,29)/b22-13+. The maximum absolute atomic E-state index is 12.4. The summed E-state index contributed by atoms with van der Waals surface area (Å²) in [6.45, 7) is 0.171. The molecule has 172 valence electrons. The van der Waals surface area contributed by atoms with Gasteiger partial charge in [-0.1, -0.05) is 29.8 Å². The second-order valence-corrected chi connectivity index (χ2v) is 8.60. The summed E-state index contributed by atoms with van der Waals surface area (Å²) in [6.07, 6.45) is 1.72. The van der Waals surface area contributed by atoms with Gasteiger partial charge in [0.25, 0.3) is 5.91 Å². The van der Waals surface area contributed by atoms with Gasteiger partial charge in [0.2, 0.25) is 0 Å². The van der Waals surface area contributed by atoms with Gasteiger partial charge in [0.05, 0.1) is 28.3 Å². The number of thioether (sulfide) groups is 1. The first kappa shape index (κ1) is 23.4. The van der Waals surface area contributed by atoms with E-state index in [0.29, 0.717) is 32.1 Å². The molecular weight excluding hydrogens is 476 g/mol. The molecule has 9 heteroatoms. The number of carboxylic acid groups (broad SMARTS) is 1. The van der Waals surface area contributed by atoms with Crippen LogP contribution in [0.2, 0.25) is 5.02 Å². The van der Waals surface area contributed by atoms with Crippen molar-refractivity contribution >= 4 is 52.2 Å². The molecule has 0 radical (unpaired) electrons. The minimum absolute atomic E-state index is 0.171. The van der Waals surface area contributed by atoms with Gasteiger partial charge < -0.3 is 19.9 Å². The van der Waals surface area contributed by atoms with E-state index in [9.17, 15) is 9.59 Å². The molecule has 1 saturated heterocycles. The van der Waals surface area contributed by atoms with E-state index in [1.165, 1.54) is 17.8 Å². The van der Waals surface area contributed by atoms with Crippen molar-refractivity contribution in [2.24, 2.45) is 4.99 Å². The molecule has 0 aliphatic carbocycles. The molecule has 4 rings (SSSR count). The molecule has 0 atom stereocenters. The van der Waals surface area contributed by atoms with E-state index < -0.39 is 5.97 Å². The van der Waals surface area contributed by atoms with Crippen LogP contribution in [0.5, 0.6) is 11.5 Å². The molecule has 1 aliphatic rings. The Morgan fingerprint density at radius 1 is 1.15 bits per heavy atom. The van der Waals surface area contributed by atoms with Crippen LogP contribution >= 0.6 is 23.4 Å². The third kappa shape index (κ3) is 5.78. The number of amidine groups is 1. The molecule has 7 nitrogen and oxygen atoms in total. The van der Waals surface area contributed by atoms with Gasteiger partial charge in [-0.25, -0.2) is 9.79 Å². The van der Waals surface area contributed by atoms with Crippen LogP contribution in [0.15, 0.2) is 76.6 Å². The molecule has 1 amide bonds. The summed E-state index contributed by atoms with van der Waals surface area (Å²) >= 11 is 7.61. The fourth-order valence-electron chi connectivity index (χ4n) is 3.09. The molecule has 0 saturated carbocycles. The largest absolute Gasteiger partial charge is 0.497 e. The average Bonchev–Trinajstić information content (AvgIpc) is 3.17. The topological polar surface area (TPSA) is 97.2 Å². The highest BCUT2D eigenvalue weighted by atomic mass is 35.5. The summed E-state index contributed by atoms with van der Waals surface area (Å²) in [5, 5.41) is 12.7. The van der Waals surface area contributed by atoms with Crippen LogP contribution in [0.4, 0.5) is 5.69 Å². The molecule has 0 aromatic heterocycles. The van der Waals surface area contributed by atoms with Gasteiger partial charge in [0.15, 0.2) is 5.17 Å². The van der Waals surface area contributed by atoms with E-state index in [-0.39, 0.29) is 18.1 Å². The van der Waals surface area contributed by atoms with Crippen LogP contribution in [0.1, 0.15) is 21.5 Å². The molecule has 1 heterocycles. The highest BCUT2D eigenvalue weighted by Crippen LogP contribution is 2.31.